The highest BCUT2D eigenvalue weighted by Gasteiger charge is 2.00. The maximum atomic E-state index is 5.97. The zero-order valence-corrected chi connectivity index (χ0v) is 13.7. The van der Waals surface area contributed by atoms with E-state index in [4.69, 9.17) is 5.73 Å². The van der Waals surface area contributed by atoms with Crippen LogP contribution < -0.4 is 16.0 Å². The largest absolute Gasteiger partial charge is 0.378 e. The summed E-state index contributed by atoms with van der Waals surface area (Å²) in [5.41, 5.74) is 11.7. The van der Waals surface area contributed by atoms with Gasteiger partial charge in [0.1, 0.15) is 0 Å². The Morgan fingerprint density at radius 3 is 2.55 bits per heavy atom. The lowest BCUT2D eigenvalue weighted by atomic mass is 10.1. The number of hydrogen-bond acceptors (Lipinski definition) is 2. The van der Waals surface area contributed by atoms with Crippen LogP contribution in [0.5, 0.6) is 0 Å². The molecule has 2 rings (SSSR count). The molecule has 22 heavy (non-hydrogen) atoms. The van der Waals surface area contributed by atoms with Crippen molar-refractivity contribution in [2.75, 3.05) is 24.3 Å². The van der Waals surface area contributed by atoms with Crippen molar-refractivity contribution in [3.05, 3.63) is 59.2 Å². The number of benzene rings is 2. The van der Waals surface area contributed by atoms with Crippen molar-refractivity contribution in [1.29, 1.82) is 0 Å². The van der Waals surface area contributed by atoms with Crippen molar-refractivity contribution in [2.45, 2.75) is 20.4 Å². The Morgan fingerprint density at radius 1 is 1.09 bits per heavy atom. The van der Waals surface area contributed by atoms with E-state index in [9.17, 15) is 0 Å². The van der Waals surface area contributed by atoms with Gasteiger partial charge in [0, 0.05) is 25.5 Å². The lowest BCUT2D eigenvalue weighted by Gasteiger charge is -2.13. The molecule has 0 saturated carbocycles. The zero-order valence-electron chi connectivity index (χ0n) is 13.7. The number of nitrogens with one attached hydrogen (secondary N) is 1. The first-order chi connectivity index (χ1) is 10.5. The number of guanidine groups is 1. The van der Waals surface area contributed by atoms with E-state index in [2.05, 4.69) is 59.4 Å². The van der Waals surface area contributed by atoms with Crippen LogP contribution in [0, 0.1) is 13.8 Å². The van der Waals surface area contributed by atoms with E-state index in [1.54, 1.807) is 0 Å². The van der Waals surface area contributed by atoms with E-state index in [1.165, 1.54) is 11.1 Å². The van der Waals surface area contributed by atoms with Crippen molar-refractivity contribution in [3.63, 3.8) is 0 Å². The van der Waals surface area contributed by atoms with Gasteiger partial charge >= 0.3 is 0 Å². The molecule has 3 N–H and O–H groups in total. The minimum Gasteiger partial charge on any atom is -0.378 e. The fourth-order valence-electron chi connectivity index (χ4n) is 2.12. The molecule has 0 heterocycles. The Balaban J connectivity index is 2.03. The van der Waals surface area contributed by atoms with Gasteiger partial charge in [-0.05, 0) is 54.8 Å². The Hall–Kier alpha value is -2.49. The molecule has 0 aromatic heterocycles. The summed E-state index contributed by atoms with van der Waals surface area (Å²) >= 11 is 0. The van der Waals surface area contributed by atoms with E-state index in [1.807, 2.05) is 26.2 Å². The molecule has 0 aliphatic rings. The molecule has 0 fully saturated rings. The molecule has 0 radical (unpaired) electrons. The maximum absolute atomic E-state index is 5.97. The van der Waals surface area contributed by atoms with Crippen LogP contribution in [0.3, 0.4) is 0 Å². The molecule has 116 valence electrons. The summed E-state index contributed by atoms with van der Waals surface area (Å²) in [5.74, 6) is 0.429. The smallest absolute Gasteiger partial charge is 0.193 e. The predicted molar refractivity (Wildman–Crippen MR) is 95.6 cm³/mol. The highest BCUT2D eigenvalue weighted by atomic mass is 15.1. The van der Waals surface area contributed by atoms with Crippen molar-refractivity contribution >= 4 is 17.3 Å². The van der Waals surface area contributed by atoms with Gasteiger partial charge in [-0.1, -0.05) is 18.2 Å². The van der Waals surface area contributed by atoms with Gasteiger partial charge in [0.25, 0.3) is 0 Å². The van der Waals surface area contributed by atoms with Crippen LogP contribution >= 0.6 is 0 Å². The molecule has 0 spiro atoms. The number of nitrogens with two attached hydrogens (primary N) is 1. The monoisotopic (exact) mass is 296 g/mol. The van der Waals surface area contributed by atoms with Gasteiger partial charge in [0.05, 0.1) is 6.54 Å². The summed E-state index contributed by atoms with van der Waals surface area (Å²) < 4.78 is 0. The lowest BCUT2D eigenvalue weighted by Crippen LogP contribution is -2.22. The van der Waals surface area contributed by atoms with Crippen LogP contribution in [-0.2, 0) is 6.54 Å². The molecule has 0 amide bonds. The first kappa shape index (κ1) is 15.9. The molecule has 0 aliphatic carbocycles. The third-order valence-corrected chi connectivity index (χ3v) is 3.64. The van der Waals surface area contributed by atoms with Crippen molar-refractivity contribution < 1.29 is 0 Å². The average Bonchev–Trinajstić information content (AvgIpc) is 2.49. The molecular formula is C18H24N4. The average molecular weight is 296 g/mol. The Kier molecular flexibility index (Phi) is 5.04. The van der Waals surface area contributed by atoms with Gasteiger partial charge in [-0.2, -0.15) is 0 Å². The van der Waals surface area contributed by atoms with Crippen LogP contribution in [0.15, 0.2) is 47.5 Å². The summed E-state index contributed by atoms with van der Waals surface area (Å²) in [6.45, 7) is 4.74. The normalized spacial score (nSPS) is 11.4. The van der Waals surface area contributed by atoms with Gasteiger partial charge < -0.3 is 16.0 Å². The second kappa shape index (κ2) is 6.98. The molecule has 0 atom stereocenters. The summed E-state index contributed by atoms with van der Waals surface area (Å²) in [5, 5.41) is 3.13. The van der Waals surface area contributed by atoms with E-state index in [0.717, 1.165) is 16.9 Å². The van der Waals surface area contributed by atoms with Gasteiger partial charge in [0.2, 0.25) is 0 Å². The molecule has 2 aromatic carbocycles. The molecule has 4 heteroatoms. The number of anilines is 2. The molecule has 0 bridgehead atoms. The Bertz CT molecular complexity index is 675. The number of nitrogens with zero attached hydrogens (tertiary/aromatic N) is 2. The topological polar surface area (TPSA) is 53.6 Å². The van der Waals surface area contributed by atoms with E-state index < -0.39 is 0 Å². The quantitative estimate of drug-likeness (QED) is 0.672. The molecule has 0 aliphatic heterocycles. The second-order valence-electron chi connectivity index (χ2n) is 5.69. The fourth-order valence-corrected chi connectivity index (χ4v) is 2.12. The van der Waals surface area contributed by atoms with Crippen molar-refractivity contribution in [2.24, 2.45) is 10.7 Å². The first-order valence-electron chi connectivity index (χ1n) is 7.36. The molecular weight excluding hydrogens is 272 g/mol. The minimum absolute atomic E-state index is 0.429. The summed E-state index contributed by atoms with van der Waals surface area (Å²) in [6.07, 6.45) is 0. The third-order valence-electron chi connectivity index (χ3n) is 3.64. The number of aliphatic imine (C=N–C) groups is 1. The SMILES string of the molecule is Cc1ccc(NC(N)=NCc2cccc(N(C)C)c2)cc1C. The maximum Gasteiger partial charge on any atom is 0.193 e. The van der Waals surface area contributed by atoms with Gasteiger partial charge in [-0.15, -0.1) is 0 Å². The van der Waals surface area contributed by atoms with Crippen molar-refractivity contribution in [3.8, 4) is 0 Å². The Morgan fingerprint density at radius 2 is 1.86 bits per heavy atom. The second-order valence-corrected chi connectivity index (χ2v) is 5.69. The summed E-state index contributed by atoms with van der Waals surface area (Å²) in [7, 11) is 4.05. The van der Waals surface area contributed by atoms with Crippen molar-refractivity contribution in [1.82, 2.24) is 0 Å². The molecule has 0 unspecified atom stereocenters. The molecule has 4 nitrogen and oxygen atoms in total. The van der Waals surface area contributed by atoms with Crippen LogP contribution in [0.25, 0.3) is 0 Å². The zero-order chi connectivity index (χ0) is 16.1. The van der Waals surface area contributed by atoms with Crippen LogP contribution in [0.1, 0.15) is 16.7 Å². The highest BCUT2D eigenvalue weighted by Crippen LogP contribution is 2.15. The Labute approximate surface area is 132 Å². The number of aryl methyl sites for hydroxylation is 2. The lowest BCUT2D eigenvalue weighted by molar-refractivity contribution is 1.05. The number of hydrogen-bond donors (Lipinski definition) is 2. The highest BCUT2D eigenvalue weighted by molar-refractivity contribution is 5.92. The van der Waals surface area contributed by atoms with E-state index in [-0.39, 0.29) is 0 Å². The van der Waals surface area contributed by atoms with E-state index >= 15 is 0 Å². The van der Waals surface area contributed by atoms with Gasteiger partial charge in [-0.25, -0.2) is 4.99 Å². The van der Waals surface area contributed by atoms with Gasteiger partial charge in [0.15, 0.2) is 5.96 Å². The predicted octanol–water partition coefficient (Wildman–Crippen LogP) is 3.30. The number of rotatable bonds is 4. The van der Waals surface area contributed by atoms with Crippen LogP contribution in [-0.4, -0.2) is 20.1 Å². The third kappa shape index (κ3) is 4.25. The summed E-state index contributed by atoms with van der Waals surface area (Å²) in [4.78, 5) is 6.48. The van der Waals surface area contributed by atoms with Crippen LogP contribution in [0.4, 0.5) is 11.4 Å². The van der Waals surface area contributed by atoms with Crippen LogP contribution in [0.2, 0.25) is 0 Å². The fraction of sp³-hybridized carbons (Fsp3) is 0.278. The van der Waals surface area contributed by atoms with Gasteiger partial charge in [-0.3, -0.25) is 0 Å². The minimum atomic E-state index is 0.429. The first-order valence-corrected chi connectivity index (χ1v) is 7.36. The molecule has 2 aromatic rings. The molecule has 0 saturated heterocycles. The van der Waals surface area contributed by atoms with E-state index in [0.29, 0.717) is 12.5 Å². The standard InChI is InChI=1S/C18H24N4/c1-13-8-9-16(10-14(13)2)21-18(19)20-12-15-6-5-7-17(11-15)22(3)4/h5-11H,12H2,1-4H3,(H3,19,20,21). The summed E-state index contributed by atoms with van der Waals surface area (Å²) in [6, 6.07) is 14.4.